The maximum atomic E-state index is 12.4. The molecule has 1 amide bonds. The fourth-order valence-corrected chi connectivity index (χ4v) is 2.67. The van der Waals surface area contributed by atoms with Crippen molar-refractivity contribution in [3.05, 3.63) is 35.9 Å². The molecule has 0 spiro atoms. The number of hydrogen-bond acceptors (Lipinski definition) is 3. The van der Waals surface area contributed by atoms with Gasteiger partial charge >= 0.3 is 0 Å². The second-order valence-corrected chi connectivity index (χ2v) is 5.49. The summed E-state index contributed by atoms with van der Waals surface area (Å²) in [5.41, 5.74) is 0.909. The highest BCUT2D eigenvalue weighted by Crippen LogP contribution is 2.19. The van der Waals surface area contributed by atoms with E-state index < -0.39 is 0 Å². The number of nitrogens with zero attached hydrogens (tertiary/aromatic N) is 1. The van der Waals surface area contributed by atoms with E-state index in [4.69, 9.17) is 9.47 Å². The van der Waals surface area contributed by atoms with E-state index in [-0.39, 0.29) is 12.0 Å². The summed E-state index contributed by atoms with van der Waals surface area (Å²) in [5, 5.41) is 0. The predicted molar refractivity (Wildman–Crippen MR) is 87.9 cm³/mol. The second-order valence-electron chi connectivity index (χ2n) is 5.49. The summed E-state index contributed by atoms with van der Waals surface area (Å²) in [6, 6.07) is 7.68. The zero-order valence-electron chi connectivity index (χ0n) is 13.5. The molecule has 2 rings (SSSR count). The Morgan fingerprint density at radius 1 is 1.45 bits per heavy atom. The minimum absolute atomic E-state index is 0.0308. The number of carbonyl (C=O) groups is 1. The molecule has 1 aliphatic heterocycles. The largest absolute Gasteiger partial charge is 0.496 e. The van der Waals surface area contributed by atoms with Crippen LogP contribution in [-0.4, -0.2) is 43.7 Å². The third-order valence-corrected chi connectivity index (χ3v) is 3.80. The fourth-order valence-electron chi connectivity index (χ4n) is 2.67. The lowest BCUT2D eigenvalue weighted by molar-refractivity contribution is -0.127. The lowest BCUT2D eigenvalue weighted by atomic mass is 10.1. The van der Waals surface area contributed by atoms with Crippen molar-refractivity contribution in [1.82, 2.24) is 4.90 Å². The molecule has 0 aromatic heterocycles. The molecule has 1 unspecified atom stereocenters. The van der Waals surface area contributed by atoms with Crippen molar-refractivity contribution in [2.24, 2.45) is 0 Å². The first-order valence-corrected chi connectivity index (χ1v) is 7.96. The van der Waals surface area contributed by atoms with Crippen molar-refractivity contribution in [2.75, 3.05) is 26.8 Å². The Labute approximate surface area is 132 Å². The highest BCUT2D eigenvalue weighted by molar-refractivity contribution is 5.92. The smallest absolute Gasteiger partial charge is 0.246 e. The van der Waals surface area contributed by atoms with E-state index in [1.165, 1.54) is 0 Å². The van der Waals surface area contributed by atoms with Crippen LogP contribution in [0.15, 0.2) is 30.3 Å². The molecule has 22 heavy (non-hydrogen) atoms. The van der Waals surface area contributed by atoms with Gasteiger partial charge in [0, 0.05) is 31.3 Å². The van der Waals surface area contributed by atoms with Crippen LogP contribution in [0, 0.1) is 0 Å². The maximum Gasteiger partial charge on any atom is 0.246 e. The van der Waals surface area contributed by atoms with Gasteiger partial charge < -0.3 is 14.4 Å². The molecule has 0 bridgehead atoms. The number of ether oxygens (including phenoxy) is 2. The Kier molecular flexibility index (Phi) is 6.46. The maximum absolute atomic E-state index is 12.4. The van der Waals surface area contributed by atoms with Gasteiger partial charge in [0.25, 0.3) is 0 Å². The Hall–Kier alpha value is -1.81. The summed E-state index contributed by atoms with van der Waals surface area (Å²) in [4.78, 5) is 14.3. The van der Waals surface area contributed by atoms with Crippen molar-refractivity contribution < 1.29 is 14.3 Å². The monoisotopic (exact) mass is 303 g/mol. The molecule has 1 fully saturated rings. The summed E-state index contributed by atoms with van der Waals surface area (Å²) in [5.74, 6) is 0.802. The highest BCUT2D eigenvalue weighted by atomic mass is 16.5. The van der Waals surface area contributed by atoms with Gasteiger partial charge in [0.2, 0.25) is 5.91 Å². The van der Waals surface area contributed by atoms with Crippen LogP contribution in [0.2, 0.25) is 0 Å². The minimum atomic E-state index is 0.0308. The van der Waals surface area contributed by atoms with E-state index in [1.54, 1.807) is 13.2 Å². The molecule has 1 aromatic rings. The van der Waals surface area contributed by atoms with Gasteiger partial charge in [-0.05, 0) is 31.4 Å². The van der Waals surface area contributed by atoms with Crippen LogP contribution >= 0.6 is 0 Å². The Bertz CT molecular complexity index is 507. The average molecular weight is 303 g/mol. The molecule has 1 saturated heterocycles. The highest BCUT2D eigenvalue weighted by Gasteiger charge is 2.20. The van der Waals surface area contributed by atoms with Gasteiger partial charge in [-0.1, -0.05) is 25.1 Å². The third-order valence-electron chi connectivity index (χ3n) is 3.80. The van der Waals surface area contributed by atoms with E-state index in [1.807, 2.05) is 35.2 Å². The Balaban J connectivity index is 2.01. The van der Waals surface area contributed by atoms with Crippen LogP contribution in [-0.2, 0) is 9.53 Å². The third kappa shape index (κ3) is 4.60. The first-order valence-electron chi connectivity index (χ1n) is 7.96. The number of methoxy groups -OCH3 is 1. The van der Waals surface area contributed by atoms with E-state index in [0.29, 0.717) is 6.54 Å². The molecule has 0 radical (unpaired) electrons. The first kappa shape index (κ1) is 16.6. The molecular weight excluding hydrogens is 278 g/mol. The van der Waals surface area contributed by atoms with E-state index in [2.05, 4.69) is 6.92 Å². The molecule has 0 aliphatic carbocycles. The van der Waals surface area contributed by atoms with Crippen molar-refractivity contribution in [3.8, 4) is 5.75 Å². The molecule has 1 heterocycles. The number of benzene rings is 1. The van der Waals surface area contributed by atoms with E-state index in [9.17, 15) is 4.79 Å². The normalized spacial score (nSPS) is 17.8. The number of carbonyl (C=O) groups excluding carboxylic acids is 1. The lowest BCUT2D eigenvalue weighted by Gasteiger charge is -2.23. The van der Waals surface area contributed by atoms with Crippen LogP contribution in [0.1, 0.15) is 31.7 Å². The van der Waals surface area contributed by atoms with Gasteiger partial charge in [-0.25, -0.2) is 0 Å². The standard InChI is InChI=1S/C18H25NO3/c1-3-12-19(14-16-8-6-13-22-16)18(20)11-10-15-7-4-5-9-17(15)21-2/h4-5,7,9-11,16H,3,6,8,12-14H2,1-2H3. The second kappa shape index (κ2) is 8.59. The SMILES string of the molecule is CCCN(CC1CCCO1)C(=O)C=Cc1ccccc1OC. The number of para-hydroxylation sites is 1. The fraction of sp³-hybridized carbons (Fsp3) is 0.500. The number of rotatable bonds is 7. The topological polar surface area (TPSA) is 38.8 Å². The zero-order chi connectivity index (χ0) is 15.8. The van der Waals surface area contributed by atoms with Crippen LogP contribution < -0.4 is 4.74 Å². The molecule has 1 aliphatic rings. The van der Waals surface area contributed by atoms with Crippen LogP contribution in [0.5, 0.6) is 5.75 Å². The molecule has 4 nitrogen and oxygen atoms in total. The Morgan fingerprint density at radius 3 is 2.95 bits per heavy atom. The number of amides is 1. The zero-order valence-corrected chi connectivity index (χ0v) is 13.5. The van der Waals surface area contributed by atoms with Crippen LogP contribution in [0.25, 0.3) is 6.08 Å². The van der Waals surface area contributed by atoms with Crippen molar-refractivity contribution >= 4 is 12.0 Å². The van der Waals surface area contributed by atoms with Gasteiger partial charge in [0.15, 0.2) is 0 Å². The molecule has 0 saturated carbocycles. The average Bonchev–Trinajstić information content (AvgIpc) is 3.05. The van der Waals surface area contributed by atoms with Crippen molar-refractivity contribution in [2.45, 2.75) is 32.3 Å². The van der Waals surface area contributed by atoms with E-state index in [0.717, 1.165) is 43.7 Å². The van der Waals surface area contributed by atoms with Crippen LogP contribution in [0.3, 0.4) is 0 Å². The van der Waals surface area contributed by atoms with Crippen molar-refractivity contribution in [1.29, 1.82) is 0 Å². The molecule has 120 valence electrons. The summed E-state index contributed by atoms with van der Waals surface area (Å²) >= 11 is 0. The molecule has 1 atom stereocenters. The minimum Gasteiger partial charge on any atom is -0.496 e. The van der Waals surface area contributed by atoms with Gasteiger partial charge in [-0.3, -0.25) is 4.79 Å². The summed E-state index contributed by atoms with van der Waals surface area (Å²) < 4.78 is 10.9. The lowest BCUT2D eigenvalue weighted by Crippen LogP contribution is -2.36. The Morgan fingerprint density at radius 2 is 2.27 bits per heavy atom. The van der Waals surface area contributed by atoms with Gasteiger partial charge in [-0.2, -0.15) is 0 Å². The van der Waals surface area contributed by atoms with Crippen molar-refractivity contribution in [3.63, 3.8) is 0 Å². The summed E-state index contributed by atoms with van der Waals surface area (Å²) in [6.45, 7) is 4.34. The van der Waals surface area contributed by atoms with Gasteiger partial charge in [0.05, 0.1) is 13.2 Å². The quantitative estimate of drug-likeness (QED) is 0.726. The summed E-state index contributed by atoms with van der Waals surface area (Å²) in [7, 11) is 1.63. The molecule has 1 aromatic carbocycles. The molecule has 4 heteroatoms. The van der Waals surface area contributed by atoms with E-state index >= 15 is 0 Å². The van der Waals surface area contributed by atoms with Gasteiger partial charge in [0.1, 0.15) is 5.75 Å². The summed E-state index contributed by atoms with van der Waals surface area (Å²) in [6.07, 6.45) is 6.72. The van der Waals surface area contributed by atoms with Gasteiger partial charge in [-0.15, -0.1) is 0 Å². The molecular formula is C18H25NO3. The predicted octanol–water partition coefficient (Wildman–Crippen LogP) is 3.13. The molecule has 0 N–H and O–H groups in total. The number of hydrogen-bond donors (Lipinski definition) is 0. The first-order chi connectivity index (χ1) is 10.7. The van der Waals surface area contributed by atoms with Crippen LogP contribution in [0.4, 0.5) is 0 Å².